The molecule has 0 bridgehead atoms. The van der Waals surface area contributed by atoms with Gasteiger partial charge in [0.05, 0.1) is 15.4 Å². The van der Waals surface area contributed by atoms with E-state index in [9.17, 15) is 23.3 Å². The lowest BCUT2D eigenvalue weighted by molar-refractivity contribution is -0.384. The number of rotatable bonds is 8. The van der Waals surface area contributed by atoms with Gasteiger partial charge >= 0.3 is 0 Å². The Balaban J connectivity index is 1.73. The summed E-state index contributed by atoms with van der Waals surface area (Å²) in [6.07, 6.45) is 4.33. The fourth-order valence-corrected chi connectivity index (χ4v) is 5.30. The topological polar surface area (TPSA) is 126 Å². The number of nitrogens with one attached hydrogen (secondary N) is 1. The third-order valence-electron chi connectivity index (χ3n) is 5.58. The average Bonchev–Trinajstić information content (AvgIpc) is 2.80. The molecule has 1 saturated heterocycles. The van der Waals surface area contributed by atoms with Crippen molar-refractivity contribution in [2.75, 3.05) is 31.1 Å². The molecule has 1 aliphatic heterocycles. The molecule has 172 valence electrons. The lowest BCUT2D eigenvalue weighted by atomic mass is 10.0. The quantitative estimate of drug-likeness (QED) is 0.473. The van der Waals surface area contributed by atoms with Crippen molar-refractivity contribution < 1.29 is 18.1 Å². The van der Waals surface area contributed by atoms with E-state index in [1.54, 1.807) is 32.2 Å². The van der Waals surface area contributed by atoms with Gasteiger partial charge in [0.1, 0.15) is 5.69 Å². The van der Waals surface area contributed by atoms with Crippen molar-refractivity contribution in [3.8, 4) is 0 Å². The summed E-state index contributed by atoms with van der Waals surface area (Å²) in [7, 11) is -3.80. The lowest BCUT2D eigenvalue weighted by Crippen LogP contribution is -2.44. The largest absolute Gasteiger partial charge is 0.366 e. The van der Waals surface area contributed by atoms with Crippen LogP contribution in [0, 0.1) is 10.1 Å². The van der Waals surface area contributed by atoms with Gasteiger partial charge in [0.15, 0.2) is 0 Å². The first kappa shape index (κ1) is 23.6. The number of hydrogen-bond acceptors (Lipinski definition) is 7. The van der Waals surface area contributed by atoms with Gasteiger partial charge in [-0.3, -0.25) is 19.9 Å². The molecule has 2 aromatic rings. The number of benzene rings is 1. The maximum Gasteiger partial charge on any atom is 0.293 e. The summed E-state index contributed by atoms with van der Waals surface area (Å²) in [5.74, 6) is -0.200. The Bertz CT molecular complexity index is 1070. The Labute approximate surface area is 187 Å². The SMILES string of the molecule is CCN(CC)S(=O)(=O)c1ccc(N2CCC(NC(=O)c3cccnc3)CC2)c([N+](=O)[O-])c1. The zero-order chi connectivity index (χ0) is 23.3. The Morgan fingerprint density at radius 3 is 2.50 bits per heavy atom. The number of nitro benzene ring substituents is 1. The fourth-order valence-electron chi connectivity index (χ4n) is 3.82. The molecule has 0 spiro atoms. The third kappa shape index (κ3) is 5.05. The van der Waals surface area contributed by atoms with Crippen LogP contribution >= 0.6 is 0 Å². The fraction of sp³-hybridized carbons (Fsp3) is 0.429. The second-order valence-electron chi connectivity index (χ2n) is 7.47. The first-order chi connectivity index (χ1) is 15.3. The summed E-state index contributed by atoms with van der Waals surface area (Å²) >= 11 is 0. The van der Waals surface area contributed by atoms with Gasteiger partial charge in [-0.05, 0) is 37.1 Å². The molecule has 1 aromatic carbocycles. The Morgan fingerprint density at radius 2 is 1.94 bits per heavy atom. The molecule has 3 rings (SSSR count). The molecular formula is C21H27N5O5S. The van der Waals surface area contributed by atoms with Crippen LogP contribution in [0.2, 0.25) is 0 Å². The molecule has 10 nitrogen and oxygen atoms in total. The van der Waals surface area contributed by atoms with E-state index >= 15 is 0 Å². The summed E-state index contributed by atoms with van der Waals surface area (Å²) in [6, 6.07) is 7.39. The van der Waals surface area contributed by atoms with Crippen molar-refractivity contribution in [2.45, 2.75) is 37.6 Å². The predicted molar refractivity (Wildman–Crippen MR) is 120 cm³/mol. The molecule has 1 aromatic heterocycles. The van der Waals surface area contributed by atoms with Gasteiger partial charge in [0.25, 0.3) is 11.6 Å². The number of carbonyl (C=O) groups excluding carboxylic acids is 1. The number of piperidine rings is 1. The number of nitro groups is 1. The Morgan fingerprint density at radius 1 is 1.25 bits per heavy atom. The number of nitrogens with zero attached hydrogens (tertiary/aromatic N) is 4. The standard InChI is InChI=1S/C21H27N5O5S/c1-3-25(4-2)32(30,31)18-7-8-19(20(14-18)26(28)29)24-12-9-17(10-13-24)23-21(27)16-6-5-11-22-15-16/h5-8,11,14-15,17H,3-4,9-10,12-13H2,1-2H3,(H,23,27). The summed E-state index contributed by atoms with van der Waals surface area (Å²) in [5, 5.41) is 14.7. The minimum absolute atomic E-state index is 0.0553. The molecule has 11 heteroatoms. The van der Waals surface area contributed by atoms with Gasteiger partial charge in [-0.25, -0.2) is 8.42 Å². The zero-order valence-corrected chi connectivity index (χ0v) is 18.9. The highest BCUT2D eigenvalue weighted by molar-refractivity contribution is 7.89. The molecule has 1 amide bonds. The first-order valence-corrected chi connectivity index (χ1v) is 12.0. The molecule has 0 radical (unpaired) electrons. The molecule has 1 aliphatic rings. The number of sulfonamides is 1. The molecule has 1 fully saturated rings. The van der Waals surface area contributed by atoms with Gasteiger partial charge in [-0.1, -0.05) is 13.8 Å². The highest BCUT2D eigenvalue weighted by atomic mass is 32.2. The van der Waals surface area contributed by atoms with Crippen LogP contribution < -0.4 is 10.2 Å². The number of carbonyl (C=O) groups is 1. The van der Waals surface area contributed by atoms with Crippen LogP contribution in [0.25, 0.3) is 0 Å². The van der Waals surface area contributed by atoms with Gasteiger partial charge < -0.3 is 10.2 Å². The minimum Gasteiger partial charge on any atom is -0.366 e. The van der Waals surface area contributed by atoms with Crippen molar-refractivity contribution in [3.63, 3.8) is 0 Å². The van der Waals surface area contributed by atoms with Crippen molar-refractivity contribution in [1.29, 1.82) is 0 Å². The van der Waals surface area contributed by atoms with E-state index in [0.717, 1.165) is 6.07 Å². The minimum atomic E-state index is -3.80. The van der Waals surface area contributed by atoms with Gasteiger partial charge in [0.2, 0.25) is 10.0 Å². The monoisotopic (exact) mass is 461 g/mol. The van der Waals surface area contributed by atoms with E-state index in [2.05, 4.69) is 10.3 Å². The second-order valence-corrected chi connectivity index (χ2v) is 9.41. The van der Waals surface area contributed by atoms with Crippen molar-refractivity contribution >= 4 is 27.3 Å². The van der Waals surface area contributed by atoms with E-state index in [4.69, 9.17) is 0 Å². The number of hydrogen-bond donors (Lipinski definition) is 1. The van der Waals surface area contributed by atoms with E-state index in [0.29, 0.717) is 37.2 Å². The Hall–Kier alpha value is -3.05. The predicted octanol–water partition coefficient (Wildman–Crippen LogP) is 2.42. The lowest BCUT2D eigenvalue weighted by Gasteiger charge is -2.33. The van der Waals surface area contributed by atoms with Gasteiger partial charge in [-0.15, -0.1) is 0 Å². The van der Waals surface area contributed by atoms with E-state index in [1.165, 1.54) is 22.6 Å². The molecule has 32 heavy (non-hydrogen) atoms. The van der Waals surface area contributed by atoms with Crippen LogP contribution in [-0.2, 0) is 10.0 Å². The van der Waals surface area contributed by atoms with E-state index in [-0.39, 0.29) is 35.6 Å². The summed E-state index contributed by atoms with van der Waals surface area (Å²) in [6.45, 7) is 5.02. The maximum atomic E-state index is 12.8. The normalized spacial score (nSPS) is 15.0. The molecule has 0 atom stereocenters. The van der Waals surface area contributed by atoms with Crippen LogP contribution in [0.15, 0.2) is 47.6 Å². The smallest absolute Gasteiger partial charge is 0.293 e. The van der Waals surface area contributed by atoms with Crippen LogP contribution in [0.3, 0.4) is 0 Å². The number of aromatic nitrogens is 1. The van der Waals surface area contributed by atoms with Crippen molar-refractivity contribution in [3.05, 3.63) is 58.4 Å². The van der Waals surface area contributed by atoms with Crippen molar-refractivity contribution in [2.24, 2.45) is 0 Å². The highest BCUT2D eigenvalue weighted by Gasteiger charge is 2.29. The molecule has 0 unspecified atom stereocenters. The van der Waals surface area contributed by atoms with Crippen LogP contribution in [0.4, 0.5) is 11.4 Å². The highest BCUT2D eigenvalue weighted by Crippen LogP contribution is 2.33. The van der Waals surface area contributed by atoms with Crippen LogP contribution in [0.5, 0.6) is 0 Å². The molecular weight excluding hydrogens is 434 g/mol. The van der Waals surface area contributed by atoms with E-state index < -0.39 is 14.9 Å². The summed E-state index contributed by atoms with van der Waals surface area (Å²) in [4.78, 5) is 29.2. The maximum absolute atomic E-state index is 12.8. The Kier molecular flexibility index (Phi) is 7.41. The second kappa shape index (κ2) is 10.0. The summed E-state index contributed by atoms with van der Waals surface area (Å²) < 4.78 is 26.8. The number of anilines is 1. The van der Waals surface area contributed by atoms with Crippen LogP contribution in [-0.4, -0.2) is 60.8 Å². The zero-order valence-electron chi connectivity index (χ0n) is 18.1. The number of amides is 1. The van der Waals surface area contributed by atoms with Gasteiger partial charge in [-0.2, -0.15) is 4.31 Å². The number of pyridine rings is 1. The van der Waals surface area contributed by atoms with Crippen LogP contribution in [0.1, 0.15) is 37.0 Å². The average molecular weight is 462 g/mol. The van der Waals surface area contributed by atoms with Gasteiger partial charge in [0, 0.05) is 50.7 Å². The summed E-state index contributed by atoms with van der Waals surface area (Å²) in [5.41, 5.74) is 0.622. The first-order valence-electron chi connectivity index (χ1n) is 10.5. The van der Waals surface area contributed by atoms with Crippen molar-refractivity contribution in [1.82, 2.24) is 14.6 Å². The molecule has 2 heterocycles. The molecule has 0 aliphatic carbocycles. The van der Waals surface area contributed by atoms with E-state index in [1.807, 2.05) is 4.90 Å². The molecule has 0 saturated carbocycles. The molecule has 1 N–H and O–H groups in total. The third-order valence-corrected chi connectivity index (χ3v) is 7.63.